The van der Waals surface area contributed by atoms with Crippen LogP contribution in [0.1, 0.15) is 26.7 Å². The molecule has 2 nitrogen and oxygen atoms in total. The third kappa shape index (κ3) is 3.23. The summed E-state index contributed by atoms with van der Waals surface area (Å²) in [5.74, 6) is 0.876. The molecule has 0 aliphatic carbocycles. The fraction of sp³-hybridized carbons (Fsp3) is 0.375. The van der Waals surface area contributed by atoms with Crippen molar-refractivity contribution in [3.63, 3.8) is 0 Å². The smallest absolute Gasteiger partial charge is 0.120 e. The summed E-state index contributed by atoms with van der Waals surface area (Å²) < 4.78 is 5.92. The molecule has 2 rings (SSSR count). The third-order valence-corrected chi connectivity index (χ3v) is 3.08. The van der Waals surface area contributed by atoms with Crippen LogP contribution in [0.15, 0.2) is 42.5 Å². The van der Waals surface area contributed by atoms with Crippen LogP contribution in [-0.2, 0) is 0 Å². The third-order valence-electron chi connectivity index (χ3n) is 3.08. The van der Waals surface area contributed by atoms with E-state index < -0.39 is 0 Å². The topological polar surface area (TPSA) is 29.5 Å². The Hall–Kier alpha value is -1.54. The molecule has 2 heteroatoms. The van der Waals surface area contributed by atoms with E-state index in [1.165, 1.54) is 10.8 Å². The van der Waals surface area contributed by atoms with E-state index in [4.69, 9.17) is 4.74 Å². The van der Waals surface area contributed by atoms with Crippen molar-refractivity contribution in [1.82, 2.24) is 0 Å². The van der Waals surface area contributed by atoms with Crippen LogP contribution in [0.2, 0.25) is 0 Å². The van der Waals surface area contributed by atoms with Crippen LogP contribution in [0.5, 0.6) is 5.75 Å². The summed E-state index contributed by atoms with van der Waals surface area (Å²) in [6.07, 6.45) is 1.32. The van der Waals surface area contributed by atoms with Crippen molar-refractivity contribution in [3.8, 4) is 5.75 Å². The molecule has 96 valence electrons. The molecule has 0 heterocycles. The first-order chi connectivity index (χ1) is 8.69. The number of benzene rings is 2. The summed E-state index contributed by atoms with van der Waals surface area (Å²) in [6.45, 7) is 3.88. The maximum absolute atomic E-state index is 9.42. The van der Waals surface area contributed by atoms with E-state index in [1.807, 2.05) is 18.2 Å². The van der Waals surface area contributed by atoms with Gasteiger partial charge in [-0.3, -0.25) is 0 Å². The molecular weight excluding hydrogens is 224 g/mol. The highest BCUT2D eigenvalue weighted by Crippen LogP contribution is 2.22. The zero-order chi connectivity index (χ0) is 13.0. The minimum absolute atomic E-state index is 0.0752. The van der Waals surface area contributed by atoms with Gasteiger partial charge in [0.05, 0.1) is 6.10 Å². The molecule has 0 fully saturated rings. The van der Waals surface area contributed by atoms with Gasteiger partial charge in [-0.15, -0.1) is 0 Å². The number of fused-ring (bicyclic) bond motifs is 1. The number of rotatable bonds is 5. The van der Waals surface area contributed by atoms with Gasteiger partial charge in [0.2, 0.25) is 0 Å². The van der Waals surface area contributed by atoms with Gasteiger partial charge < -0.3 is 9.84 Å². The summed E-state index contributed by atoms with van der Waals surface area (Å²) in [7, 11) is 0. The van der Waals surface area contributed by atoms with Crippen LogP contribution >= 0.6 is 0 Å². The molecule has 0 aromatic heterocycles. The number of aliphatic hydroxyl groups excluding tert-OH is 1. The van der Waals surface area contributed by atoms with E-state index >= 15 is 0 Å². The van der Waals surface area contributed by atoms with Crippen molar-refractivity contribution in [2.24, 2.45) is 0 Å². The van der Waals surface area contributed by atoms with Crippen LogP contribution in [0.3, 0.4) is 0 Å². The molecule has 0 spiro atoms. The second-order valence-electron chi connectivity index (χ2n) is 4.74. The first kappa shape index (κ1) is 12.9. The van der Waals surface area contributed by atoms with Crippen molar-refractivity contribution >= 4 is 10.8 Å². The molecule has 0 amide bonds. The maximum atomic E-state index is 9.42. The SMILES string of the molecule is CCC(CC(C)O)Oc1ccc2ccccc2c1. The summed E-state index contributed by atoms with van der Waals surface area (Å²) in [5.41, 5.74) is 0. The van der Waals surface area contributed by atoms with E-state index in [-0.39, 0.29) is 12.2 Å². The highest BCUT2D eigenvalue weighted by Gasteiger charge is 2.11. The van der Waals surface area contributed by atoms with E-state index in [1.54, 1.807) is 6.92 Å². The van der Waals surface area contributed by atoms with Gasteiger partial charge in [0.1, 0.15) is 11.9 Å². The first-order valence-electron chi connectivity index (χ1n) is 6.52. The Balaban J connectivity index is 2.15. The molecule has 2 atom stereocenters. The summed E-state index contributed by atoms with van der Waals surface area (Å²) in [5, 5.41) is 11.8. The van der Waals surface area contributed by atoms with Gasteiger partial charge in [-0.1, -0.05) is 37.3 Å². The Morgan fingerprint density at radius 3 is 2.50 bits per heavy atom. The molecule has 2 aromatic rings. The molecule has 18 heavy (non-hydrogen) atoms. The Bertz CT molecular complexity index is 505. The van der Waals surface area contributed by atoms with Crippen LogP contribution in [0.4, 0.5) is 0 Å². The Kier molecular flexibility index (Phi) is 4.21. The van der Waals surface area contributed by atoms with Crippen LogP contribution in [-0.4, -0.2) is 17.3 Å². The van der Waals surface area contributed by atoms with E-state index in [0.717, 1.165) is 12.2 Å². The Morgan fingerprint density at radius 2 is 1.83 bits per heavy atom. The molecule has 0 radical (unpaired) electrons. The lowest BCUT2D eigenvalue weighted by atomic mass is 10.1. The van der Waals surface area contributed by atoms with Gasteiger partial charge in [-0.2, -0.15) is 0 Å². The minimum Gasteiger partial charge on any atom is -0.490 e. The second kappa shape index (κ2) is 5.87. The van der Waals surface area contributed by atoms with Gasteiger partial charge in [0.15, 0.2) is 0 Å². The lowest BCUT2D eigenvalue weighted by molar-refractivity contribution is 0.103. The van der Waals surface area contributed by atoms with Crippen molar-refractivity contribution < 1.29 is 9.84 Å². The Labute approximate surface area is 108 Å². The largest absolute Gasteiger partial charge is 0.490 e. The summed E-state index contributed by atoms with van der Waals surface area (Å²) in [4.78, 5) is 0. The minimum atomic E-state index is -0.324. The molecule has 0 bridgehead atoms. The van der Waals surface area contributed by atoms with Gasteiger partial charge in [0.25, 0.3) is 0 Å². The van der Waals surface area contributed by atoms with Crippen molar-refractivity contribution in [2.75, 3.05) is 0 Å². The lowest BCUT2D eigenvalue weighted by Gasteiger charge is -2.19. The predicted octanol–water partition coefficient (Wildman–Crippen LogP) is 3.77. The summed E-state index contributed by atoms with van der Waals surface area (Å²) >= 11 is 0. The first-order valence-corrected chi connectivity index (χ1v) is 6.52. The van der Waals surface area contributed by atoms with Gasteiger partial charge in [-0.25, -0.2) is 0 Å². The van der Waals surface area contributed by atoms with E-state index in [2.05, 4.69) is 31.2 Å². The number of aliphatic hydroxyl groups is 1. The van der Waals surface area contributed by atoms with Crippen molar-refractivity contribution in [1.29, 1.82) is 0 Å². The number of ether oxygens (including phenoxy) is 1. The second-order valence-corrected chi connectivity index (χ2v) is 4.74. The Morgan fingerprint density at radius 1 is 1.11 bits per heavy atom. The van der Waals surface area contributed by atoms with Gasteiger partial charge in [0, 0.05) is 6.42 Å². The molecule has 0 aliphatic heterocycles. The zero-order valence-corrected chi connectivity index (χ0v) is 11.0. The fourth-order valence-corrected chi connectivity index (χ4v) is 2.11. The van der Waals surface area contributed by atoms with Crippen LogP contribution < -0.4 is 4.74 Å². The molecule has 0 aliphatic rings. The zero-order valence-electron chi connectivity index (χ0n) is 11.0. The molecule has 1 N–H and O–H groups in total. The highest BCUT2D eigenvalue weighted by atomic mass is 16.5. The normalized spacial score (nSPS) is 14.4. The van der Waals surface area contributed by atoms with E-state index in [9.17, 15) is 5.11 Å². The quantitative estimate of drug-likeness (QED) is 0.867. The molecule has 2 aromatic carbocycles. The summed E-state index contributed by atoms with van der Waals surface area (Å²) in [6, 6.07) is 14.3. The fourth-order valence-electron chi connectivity index (χ4n) is 2.11. The molecule has 2 unspecified atom stereocenters. The van der Waals surface area contributed by atoms with Crippen molar-refractivity contribution in [2.45, 2.75) is 38.9 Å². The van der Waals surface area contributed by atoms with E-state index in [0.29, 0.717) is 6.42 Å². The van der Waals surface area contributed by atoms with Crippen LogP contribution in [0.25, 0.3) is 10.8 Å². The standard InChI is InChI=1S/C16H20O2/c1-3-15(10-12(2)17)18-16-9-8-13-6-4-5-7-14(13)11-16/h4-9,11-12,15,17H,3,10H2,1-2H3. The average Bonchev–Trinajstić information content (AvgIpc) is 2.37. The van der Waals surface area contributed by atoms with Crippen molar-refractivity contribution in [3.05, 3.63) is 42.5 Å². The maximum Gasteiger partial charge on any atom is 0.120 e. The molecular formula is C16H20O2. The highest BCUT2D eigenvalue weighted by molar-refractivity contribution is 5.83. The number of hydrogen-bond acceptors (Lipinski definition) is 2. The predicted molar refractivity (Wildman–Crippen MR) is 75.0 cm³/mol. The molecule has 0 saturated carbocycles. The van der Waals surface area contributed by atoms with Crippen LogP contribution in [0, 0.1) is 0 Å². The lowest BCUT2D eigenvalue weighted by Crippen LogP contribution is -2.20. The number of hydrogen-bond donors (Lipinski definition) is 1. The van der Waals surface area contributed by atoms with Gasteiger partial charge >= 0.3 is 0 Å². The average molecular weight is 244 g/mol. The van der Waals surface area contributed by atoms with Gasteiger partial charge in [-0.05, 0) is 36.2 Å². The monoisotopic (exact) mass is 244 g/mol. The molecule has 0 saturated heterocycles.